The SMILES string of the molecule is N#Cc1cccc2c1Oc1ccccc1C2=C1CC2CCC(C1)N2C(=O)C(F)(F)F. The molecule has 3 aliphatic rings. The number of benzene rings is 2. The highest BCUT2D eigenvalue weighted by atomic mass is 19.4. The molecule has 3 heterocycles. The van der Waals surface area contributed by atoms with E-state index in [-0.39, 0.29) is 0 Å². The third kappa shape index (κ3) is 2.78. The highest BCUT2D eigenvalue weighted by molar-refractivity contribution is 5.91. The molecule has 0 aromatic heterocycles. The van der Waals surface area contributed by atoms with Crippen LogP contribution in [0.15, 0.2) is 48.0 Å². The zero-order chi connectivity index (χ0) is 21.0. The van der Waals surface area contributed by atoms with Crippen LogP contribution in [-0.4, -0.2) is 29.1 Å². The van der Waals surface area contributed by atoms with E-state index >= 15 is 0 Å². The van der Waals surface area contributed by atoms with E-state index in [2.05, 4.69) is 6.07 Å². The van der Waals surface area contributed by atoms with Crippen LogP contribution in [0.4, 0.5) is 13.2 Å². The Labute approximate surface area is 171 Å². The molecule has 0 aliphatic carbocycles. The van der Waals surface area contributed by atoms with Gasteiger partial charge in [0.25, 0.3) is 0 Å². The number of rotatable bonds is 0. The lowest BCUT2D eigenvalue weighted by molar-refractivity contribution is -0.189. The molecule has 0 spiro atoms. The summed E-state index contributed by atoms with van der Waals surface area (Å²) in [6.45, 7) is 0. The first-order valence-electron chi connectivity index (χ1n) is 9.80. The van der Waals surface area contributed by atoms with E-state index < -0.39 is 24.2 Å². The summed E-state index contributed by atoms with van der Waals surface area (Å²) in [5.74, 6) is -0.641. The topological polar surface area (TPSA) is 53.3 Å². The van der Waals surface area contributed by atoms with Gasteiger partial charge in [-0.1, -0.05) is 35.9 Å². The number of amides is 1. The molecule has 152 valence electrons. The number of para-hydroxylation sites is 2. The second-order valence-corrected chi connectivity index (χ2v) is 7.87. The zero-order valence-corrected chi connectivity index (χ0v) is 15.9. The number of hydrogen-bond donors (Lipinski definition) is 0. The Morgan fingerprint density at radius 3 is 2.37 bits per heavy atom. The fourth-order valence-electron chi connectivity index (χ4n) is 5.03. The summed E-state index contributed by atoms with van der Waals surface area (Å²) < 4.78 is 45.3. The number of fused-ring (bicyclic) bond motifs is 4. The van der Waals surface area contributed by atoms with E-state index in [0.717, 1.165) is 27.2 Å². The van der Waals surface area contributed by atoms with E-state index in [1.165, 1.54) is 0 Å². The molecule has 30 heavy (non-hydrogen) atoms. The van der Waals surface area contributed by atoms with Gasteiger partial charge in [-0.15, -0.1) is 0 Å². The summed E-state index contributed by atoms with van der Waals surface area (Å²) in [7, 11) is 0. The summed E-state index contributed by atoms with van der Waals surface area (Å²) in [5.41, 5.74) is 3.98. The molecule has 0 saturated carbocycles. The molecule has 7 heteroatoms. The number of carbonyl (C=O) groups excluding carboxylic acids is 1. The molecule has 2 bridgehead atoms. The minimum absolute atomic E-state index is 0.387. The lowest BCUT2D eigenvalue weighted by atomic mass is 9.83. The van der Waals surface area contributed by atoms with Crippen LogP contribution in [-0.2, 0) is 4.79 Å². The molecule has 5 rings (SSSR count). The Balaban J connectivity index is 1.64. The molecule has 0 radical (unpaired) electrons. The average Bonchev–Trinajstić information content (AvgIpc) is 2.99. The van der Waals surface area contributed by atoms with Gasteiger partial charge in [0.1, 0.15) is 11.8 Å². The van der Waals surface area contributed by atoms with Gasteiger partial charge in [0.2, 0.25) is 0 Å². The zero-order valence-electron chi connectivity index (χ0n) is 15.9. The van der Waals surface area contributed by atoms with Crippen LogP contribution in [0.2, 0.25) is 0 Å². The minimum atomic E-state index is -4.86. The summed E-state index contributed by atoms with van der Waals surface area (Å²) >= 11 is 0. The number of halogens is 3. The van der Waals surface area contributed by atoms with Crippen molar-refractivity contribution in [2.45, 2.75) is 43.9 Å². The van der Waals surface area contributed by atoms with Crippen LogP contribution in [0.25, 0.3) is 5.57 Å². The summed E-state index contributed by atoms with van der Waals surface area (Å²) in [6.07, 6.45) is -2.96. The number of hydrogen-bond acceptors (Lipinski definition) is 3. The molecular formula is C23H17F3N2O2. The van der Waals surface area contributed by atoms with Crippen molar-refractivity contribution in [2.75, 3.05) is 0 Å². The quantitative estimate of drug-likeness (QED) is 0.513. The highest BCUT2D eigenvalue weighted by Crippen LogP contribution is 2.50. The number of alkyl halides is 3. The summed E-state index contributed by atoms with van der Waals surface area (Å²) in [6, 6.07) is 14.1. The van der Waals surface area contributed by atoms with Gasteiger partial charge in [-0.05, 0) is 43.4 Å². The summed E-state index contributed by atoms with van der Waals surface area (Å²) in [4.78, 5) is 13.0. The first kappa shape index (κ1) is 18.7. The molecule has 2 fully saturated rings. The Morgan fingerprint density at radius 2 is 1.70 bits per heavy atom. The third-order valence-corrected chi connectivity index (χ3v) is 6.19. The Kier molecular flexibility index (Phi) is 4.14. The Morgan fingerprint density at radius 1 is 1.03 bits per heavy atom. The molecule has 2 unspecified atom stereocenters. The van der Waals surface area contributed by atoms with Gasteiger partial charge >= 0.3 is 12.1 Å². The largest absolute Gasteiger partial charge is 0.471 e. The van der Waals surface area contributed by atoms with Crippen LogP contribution in [0.1, 0.15) is 42.4 Å². The molecule has 2 aromatic carbocycles. The first-order valence-corrected chi connectivity index (χ1v) is 9.80. The van der Waals surface area contributed by atoms with Crippen LogP contribution in [0, 0.1) is 11.3 Å². The van der Waals surface area contributed by atoms with Crippen molar-refractivity contribution in [2.24, 2.45) is 0 Å². The van der Waals surface area contributed by atoms with Crippen LogP contribution in [0.5, 0.6) is 11.5 Å². The maximum atomic E-state index is 13.1. The van der Waals surface area contributed by atoms with E-state index in [9.17, 15) is 23.2 Å². The lowest BCUT2D eigenvalue weighted by Crippen LogP contribution is -2.50. The van der Waals surface area contributed by atoms with Gasteiger partial charge in [-0.3, -0.25) is 4.79 Å². The molecule has 3 aliphatic heterocycles. The van der Waals surface area contributed by atoms with Crippen molar-refractivity contribution in [1.82, 2.24) is 4.90 Å². The van der Waals surface area contributed by atoms with E-state index in [0.29, 0.717) is 42.7 Å². The second kappa shape index (κ2) is 6.63. The number of nitrogens with zero attached hydrogens (tertiary/aromatic N) is 2. The first-order chi connectivity index (χ1) is 14.4. The second-order valence-electron chi connectivity index (χ2n) is 7.87. The standard InChI is InChI=1S/C23H17F3N2O2/c24-23(25,26)22(29)28-15-8-9-16(28)11-14(10-15)20-17-5-1-2-7-19(17)30-21-13(12-27)4-3-6-18(20)21/h1-7,15-16H,8-11H2. The monoisotopic (exact) mass is 410 g/mol. The fourth-order valence-corrected chi connectivity index (χ4v) is 5.03. The maximum absolute atomic E-state index is 13.1. The Hall–Kier alpha value is -3.27. The van der Waals surface area contributed by atoms with Gasteiger partial charge in [0.05, 0.1) is 5.56 Å². The number of nitriles is 1. The molecule has 2 atom stereocenters. The van der Waals surface area contributed by atoms with Crippen LogP contribution >= 0.6 is 0 Å². The predicted molar refractivity (Wildman–Crippen MR) is 103 cm³/mol. The minimum Gasteiger partial charge on any atom is -0.455 e. The molecule has 0 N–H and O–H groups in total. The van der Waals surface area contributed by atoms with Gasteiger partial charge in [-0.2, -0.15) is 18.4 Å². The normalized spacial score (nSPS) is 22.1. The van der Waals surface area contributed by atoms with Crippen molar-refractivity contribution in [3.63, 3.8) is 0 Å². The lowest BCUT2D eigenvalue weighted by Gasteiger charge is -2.38. The molecule has 2 saturated heterocycles. The molecule has 1 amide bonds. The van der Waals surface area contributed by atoms with E-state index in [4.69, 9.17) is 4.74 Å². The van der Waals surface area contributed by atoms with Crippen molar-refractivity contribution < 1.29 is 22.7 Å². The smallest absolute Gasteiger partial charge is 0.455 e. The van der Waals surface area contributed by atoms with Crippen LogP contribution in [0.3, 0.4) is 0 Å². The van der Waals surface area contributed by atoms with Gasteiger partial charge in [0.15, 0.2) is 5.75 Å². The van der Waals surface area contributed by atoms with Crippen LogP contribution < -0.4 is 4.74 Å². The van der Waals surface area contributed by atoms with Gasteiger partial charge in [-0.25, -0.2) is 0 Å². The number of carbonyl (C=O) groups is 1. The van der Waals surface area contributed by atoms with Crippen molar-refractivity contribution >= 4 is 11.5 Å². The summed E-state index contributed by atoms with van der Waals surface area (Å²) in [5, 5.41) is 9.51. The average molecular weight is 410 g/mol. The van der Waals surface area contributed by atoms with Gasteiger partial charge in [0, 0.05) is 23.2 Å². The molecule has 4 nitrogen and oxygen atoms in total. The highest BCUT2D eigenvalue weighted by Gasteiger charge is 2.51. The van der Waals surface area contributed by atoms with Gasteiger partial charge < -0.3 is 9.64 Å². The molecule has 2 aromatic rings. The van der Waals surface area contributed by atoms with Crippen molar-refractivity contribution in [3.05, 3.63) is 64.7 Å². The van der Waals surface area contributed by atoms with E-state index in [1.54, 1.807) is 12.1 Å². The number of piperidine rings is 1. The maximum Gasteiger partial charge on any atom is 0.471 e. The fraction of sp³-hybridized carbons (Fsp3) is 0.304. The predicted octanol–water partition coefficient (Wildman–Crippen LogP) is 5.18. The molecular weight excluding hydrogens is 393 g/mol. The number of ether oxygens (including phenoxy) is 1. The van der Waals surface area contributed by atoms with E-state index in [1.807, 2.05) is 30.3 Å². The third-order valence-electron chi connectivity index (χ3n) is 6.19. The Bertz CT molecular complexity index is 1110. The van der Waals surface area contributed by atoms with Crippen molar-refractivity contribution in [3.8, 4) is 17.6 Å². The van der Waals surface area contributed by atoms with Crippen molar-refractivity contribution in [1.29, 1.82) is 5.26 Å².